The van der Waals surface area contributed by atoms with Crippen molar-refractivity contribution in [3.8, 4) is 5.75 Å². The second-order valence-electron chi connectivity index (χ2n) is 6.47. The molecule has 1 heterocycles. The van der Waals surface area contributed by atoms with E-state index in [1.807, 2.05) is 47.8 Å². The Morgan fingerprint density at radius 1 is 1.15 bits per heavy atom. The minimum absolute atomic E-state index is 0.0424. The largest absolute Gasteiger partial charge is 0.497 e. The van der Waals surface area contributed by atoms with Gasteiger partial charge in [-0.1, -0.05) is 30.3 Å². The number of hydrogen-bond donors (Lipinski definition) is 1. The highest BCUT2D eigenvalue weighted by atomic mass is 32.1. The van der Waals surface area contributed by atoms with Crippen molar-refractivity contribution in [1.29, 1.82) is 0 Å². The van der Waals surface area contributed by atoms with Crippen LogP contribution in [-0.4, -0.2) is 25.0 Å². The molecule has 27 heavy (non-hydrogen) atoms. The Balaban J connectivity index is 1.70. The molecular weight excluding hydrogens is 358 g/mol. The first kappa shape index (κ1) is 19.1. The summed E-state index contributed by atoms with van der Waals surface area (Å²) in [6.45, 7) is 3.22. The molecule has 0 aliphatic carbocycles. The Hall–Kier alpha value is -2.70. The minimum atomic E-state index is -0.0424. The van der Waals surface area contributed by atoms with Crippen LogP contribution in [0.1, 0.15) is 18.2 Å². The molecule has 0 aliphatic rings. The fourth-order valence-electron chi connectivity index (χ4n) is 2.99. The number of methoxy groups -OCH3 is 1. The number of para-hydroxylation sites is 1. The van der Waals surface area contributed by atoms with Gasteiger partial charge in [-0.3, -0.25) is 9.69 Å². The molecule has 0 spiro atoms. The highest BCUT2D eigenvalue weighted by Gasteiger charge is 2.18. The van der Waals surface area contributed by atoms with Crippen molar-refractivity contribution in [1.82, 2.24) is 4.98 Å². The highest BCUT2D eigenvalue weighted by Crippen LogP contribution is 2.28. The number of benzene rings is 2. The van der Waals surface area contributed by atoms with Gasteiger partial charge in [0.15, 0.2) is 5.13 Å². The van der Waals surface area contributed by atoms with Gasteiger partial charge >= 0.3 is 0 Å². The van der Waals surface area contributed by atoms with Crippen molar-refractivity contribution in [2.45, 2.75) is 20.0 Å². The van der Waals surface area contributed by atoms with Crippen LogP contribution in [0.4, 0.5) is 10.8 Å². The zero-order chi connectivity index (χ0) is 19.2. The van der Waals surface area contributed by atoms with Gasteiger partial charge in [-0.05, 0) is 24.3 Å². The fourth-order valence-corrected chi connectivity index (χ4v) is 3.87. The monoisotopic (exact) mass is 382 g/mol. The summed E-state index contributed by atoms with van der Waals surface area (Å²) >= 11 is 1.50. The average Bonchev–Trinajstić information content (AvgIpc) is 3.10. The lowest BCUT2D eigenvalue weighted by molar-refractivity contribution is -0.908. The van der Waals surface area contributed by atoms with Crippen LogP contribution >= 0.6 is 11.3 Å². The molecule has 2 aromatic carbocycles. The number of carbonyl (C=O) groups is 1. The smallest absolute Gasteiger partial charge is 0.230 e. The number of anilines is 2. The molecular formula is C21H24N3O2S+. The quantitative estimate of drug-likeness (QED) is 0.683. The van der Waals surface area contributed by atoms with Crippen LogP contribution in [0.15, 0.2) is 60.0 Å². The van der Waals surface area contributed by atoms with Gasteiger partial charge in [-0.15, -0.1) is 11.3 Å². The van der Waals surface area contributed by atoms with E-state index in [0.29, 0.717) is 5.13 Å². The van der Waals surface area contributed by atoms with Crippen molar-refractivity contribution >= 4 is 28.1 Å². The van der Waals surface area contributed by atoms with E-state index in [1.165, 1.54) is 21.8 Å². The molecule has 3 rings (SSSR count). The number of thiazole rings is 1. The minimum Gasteiger partial charge on any atom is -0.497 e. The van der Waals surface area contributed by atoms with Gasteiger partial charge < -0.3 is 9.64 Å². The van der Waals surface area contributed by atoms with Crippen LogP contribution in [0.25, 0.3) is 0 Å². The van der Waals surface area contributed by atoms with E-state index in [9.17, 15) is 4.79 Å². The number of nitrogens with one attached hydrogen (secondary N) is 1. The molecule has 0 aliphatic heterocycles. The van der Waals surface area contributed by atoms with Crippen LogP contribution in [0.2, 0.25) is 0 Å². The topological polar surface area (TPSA) is 46.9 Å². The maximum absolute atomic E-state index is 12.2. The van der Waals surface area contributed by atoms with Crippen molar-refractivity contribution in [2.75, 3.05) is 19.1 Å². The molecule has 0 saturated heterocycles. The van der Waals surface area contributed by atoms with Gasteiger partial charge in [0.25, 0.3) is 0 Å². The number of hydrogen-bond acceptors (Lipinski definition) is 4. The molecule has 140 valence electrons. The molecule has 6 heteroatoms. The predicted octanol–water partition coefficient (Wildman–Crippen LogP) is 3.05. The van der Waals surface area contributed by atoms with Gasteiger partial charge in [0.1, 0.15) is 24.5 Å². The van der Waals surface area contributed by atoms with E-state index in [-0.39, 0.29) is 5.91 Å². The van der Waals surface area contributed by atoms with Crippen LogP contribution in [0.3, 0.4) is 0 Å². The van der Waals surface area contributed by atoms with E-state index in [2.05, 4.69) is 19.2 Å². The average molecular weight is 383 g/mol. The first-order valence-corrected chi connectivity index (χ1v) is 9.69. The Morgan fingerprint density at radius 3 is 2.63 bits per heavy atom. The zero-order valence-corrected chi connectivity index (χ0v) is 16.6. The summed E-state index contributed by atoms with van der Waals surface area (Å²) in [5.74, 6) is 0.829. The molecule has 0 saturated carbocycles. The van der Waals surface area contributed by atoms with Crippen molar-refractivity contribution in [3.05, 3.63) is 71.2 Å². The van der Waals surface area contributed by atoms with Crippen LogP contribution in [0, 0.1) is 0 Å². The lowest BCUT2D eigenvalue weighted by Crippen LogP contribution is -3.06. The summed E-state index contributed by atoms with van der Waals surface area (Å²) in [5, 5.41) is 2.74. The Labute approximate surface area is 163 Å². The first-order valence-electron chi connectivity index (χ1n) is 8.81. The molecule has 1 aromatic heterocycles. The van der Waals surface area contributed by atoms with E-state index in [1.54, 1.807) is 18.9 Å². The van der Waals surface area contributed by atoms with Gasteiger partial charge in [-0.2, -0.15) is 0 Å². The van der Waals surface area contributed by atoms with Gasteiger partial charge in [0.05, 0.1) is 19.8 Å². The number of ether oxygens (including phenoxy) is 1. The van der Waals surface area contributed by atoms with Crippen LogP contribution < -0.4 is 14.5 Å². The number of carbonyl (C=O) groups excluding carboxylic acids is 1. The number of quaternary nitrogens is 1. The van der Waals surface area contributed by atoms with Gasteiger partial charge in [-0.25, -0.2) is 4.98 Å². The van der Waals surface area contributed by atoms with Crippen molar-refractivity contribution in [2.24, 2.45) is 0 Å². The number of aromatic nitrogens is 1. The van der Waals surface area contributed by atoms with Crippen LogP contribution in [0.5, 0.6) is 5.75 Å². The lowest BCUT2D eigenvalue weighted by atomic mass is 10.2. The molecule has 1 atom stereocenters. The number of nitrogens with zero attached hydrogens (tertiary/aromatic N) is 2. The third kappa shape index (κ3) is 4.93. The highest BCUT2D eigenvalue weighted by molar-refractivity contribution is 7.14. The molecule has 3 aromatic rings. The van der Waals surface area contributed by atoms with E-state index in [0.717, 1.165) is 30.2 Å². The summed E-state index contributed by atoms with van der Waals surface area (Å²) < 4.78 is 5.29. The maximum atomic E-state index is 12.2. The molecule has 5 nitrogen and oxygen atoms in total. The third-order valence-electron chi connectivity index (χ3n) is 4.18. The lowest BCUT2D eigenvalue weighted by Gasteiger charge is -2.17. The normalized spacial score (nSPS) is 11.8. The standard InChI is InChI=1S/C21H23N3O2S/c1-16(25)24(19-9-5-4-6-10-19)21-22-18(15-27-21)14-23(2)13-17-8-7-11-20(12-17)26-3/h4-12,15H,13-14H2,1-3H3/p+1. The predicted molar refractivity (Wildman–Crippen MR) is 109 cm³/mol. The van der Waals surface area contributed by atoms with Crippen molar-refractivity contribution in [3.63, 3.8) is 0 Å². The SMILES string of the molecule is COc1cccc(C[NH+](C)Cc2csc(N(C(C)=O)c3ccccc3)n2)c1. The molecule has 0 radical (unpaired) electrons. The summed E-state index contributed by atoms with van der Waals surface area (Å²) in [6, 6.07) is 17.7. The molecule has 1 unspecified atom stereocenters. The Morgan fingerprint density at radius 2 is 1.93 bits per heavy atom. The molecule has 1 amide bonds. The maximum Gasteiger partial charge on any atom is 0.230 e. The van der Waals surface area contributed by atoms with E-state index in [4.69, 9.17) is 9.72 Å². The fraction of sp³-hybridized carbons (Fsp3) is 0.238. The summed E-state index contributed by atoms with van der Waals surface area (Å²) in [4.78, 5) is 19.8. The molecule has 1 N–H and O–H groups in total. The second kappa shape index (κ2) is 8.79. The number of amides is 1. The third-order valence-corrected chi connectivity index (χ3v) is 5.06. The second-order valence-corrected chi connectivity index (χ2v) is 7.31. The Kier molecular flexibility index (Phi) is 6.21. The van der Waals surface area contributed by atoms with E-state index < -0.39 is 0 Å². The summed E-state index contributed by atoms with van der Waals surface area (Å²) in [7, 11) is 3.82. The van der Waals surface area contributed by atoms with Crippen LogP contribution in [-0.2, 0) is 17.9 Å². The number of rotatable bonds is 7. The Bertz CT molecular complexity index is 895. The first-order chi connectivity index (χ1) is 13.1. The van der Waals surface area contributed by atoms with Gasteiger partial charge in [0.2, 0.25) is 5.91 Å². The summed E-state index contributed by atoms with van der Waals surface area (Å²) in [6.07, 6.45) is 0. The summed E-state index contributed by atoms with van der Waals surface area (Å²) in [5.41, 5.74) is 3.04. The molecule has 0 bridgehead atoms. The van der Waals surface area contributed by atoms with Crippen molar-refractivity contribution < 1.29 is 14.4 Å². The van der Waals surface area contributed by atoms with Gasteiger partial charge in [0, 0.05) is 17.9 Å². The van der Waals surface area contributed by atoms with E-state index >= 15 is 0 Å². The molecule has 0 fully saturated rings. The zero-order valence-electron chi connectivity index (χ0n) is 15.8.